The van der Waals surface area contributed by atoms with E-state index in [0.29, 0.717) is 28.6 Å². The number of hydrogen-bond donors (Lipinski definition) is 0. The molecule has 2 aliphatic rings. The molecule has 0 N–H and O–H groups in total. The number of ketones is 1. The largest absolute Gasteiger partial charge is 0.497 e. The molecule has 0 bridgehead atoms. The average Bonchev–Trinajstić information content (AvgIpc) is 2.78. The highest BCUT2D eigenvalue weighted by atomic mass is 79.9. The number of nitriles is 1. The Bertz CT molecular complexity index is 840. The summed E-state index contributed by atoms with van der Waals surface area (Å²) < 4.78 is 11.8. The van der Waals surface area contributed by atoms with Crippen LogP contribution in [-0.2, 0) is 4.74 Å². The molecular weight excluding hydrogens is 394 g/mol. The highest BCUT2D eigenvalue weighted by Crippen LogP contribution is 2.57. The number of carbonyl (C=O) groups excluding carboxylic acids is 1. The molecule has 3 rings (SSSR count). The third-order valence-corrected chi connectivity index (χ3v) is 6.58. The lowest BCUT2D eigenvalue weighted by Gasteiger charge is -2.50. The van der Waals surface area contributed by atoms with Crippen LogP contribution < -0.4 is 4.74 Å². The van der Waals surface area contributed by atoms with Crippen LogP contribution >= 0.6 is 15.9 Å². The van der Waals surface area contributed by atoms with E-state index in [1.54, 1.807) is 26.4 Å². The summed E-state index contributed by atoms with van der Waals surface area (Å²) in [4.78, 5) is 13.8. The van der Waals surface area contributed by atoms with Crippen LogP contribution in [0.15, 0.2) is 35.3 Å². The normalized spacial score (nSPS) is 32.8. The van der Waals surface area contributed by atoms with Crippen LogP contribution in [0.4, 0.5) is 0 Å². The minimum absolute atomic E-state index is 0.0694. The van der Waals surface area contributed by atoms with Crippen molar-refractivity contribution >= 4 is 27.8 Å². The molecule has 26 heavy (non-hydrogen) atoms. The standard InChI is InChI=1S/C21H22BrNO3/c1-5-21-16(20(2,12-23)9-8-17(21)26-4)7-6-13-10-14(25-3)11-15(22)18(13)19(21)24/h5-7,10-11,16-17H,1,8-9H2,2-4H3/t16-,17+,20+,21-/m1/s1. The summed E-state index contributed by atoms with van der Waals surface area (Å²) in [7, 11) is 3.21. The van der Waals surface area contributed by atoms with E-state index in [0.717, 1.165) is 5.56 Å². The zero-order chi connectivity index (χ0) is 19.1. The first-order chi connectivity index (χ1) is 12.4. The Kier molecular flexibility index (Phi) is 4.85. The number of Topliss-reactive ketones (excluding diaryl/α,β-unsaturated/α-hetero) is 1. The number of ether oxygens (including phenoxy) is 2. The molecule has 0 radical (unpaired) electrons. The van der Waals surface area contributed by atoms with E-state index in [1.807, 2.05) is 25.1 Å². The van der Waals surface area contributed by atoms with Crippen molar-refractivity contribution < 1.29 is 14.3 Å². The summed E-state index contributed by atoms with van der Waals surface area (Å²) in [6.07, 6.45) is 6.56. The predicted molar refractivity (Wildman–Crippen MR) is 104 cm³/mol. The molecule has 2 aliphatic carbocycles. The number of benzene rings is 1. The summed E-state index contributed by atoms with van der Waals surface area (Å²) in [6, 6.07) is 6.08. The smallest absolute Gasteiger partial charge is 0.177 e. The molecule has 136 valence electrons. The van der Waals surface area contributed by atoms with Crippen LogP contribution in [-0.4, -0.2) is 26.1 Å². The van der Waals surface area contributed by atoms with Crippen molar-refractivity contribution in [3.05, 3.63) is 46.5 Å². The number of fused-ring (bicyclic) bond motifs is 2. The topological polar surface area (TPSA) is 59.3 Å². The Balaban J connectivity index is 2.32. The Morgan fingerprint density at radius 2 is 2.15 bits per heavy atom. The molecule has 5 heteroatoms. The molecule has 0 spiro atoms. The van der Waals surface area contributed by atoms with Crippen molar-refractivity contribution in [2.45, 2.75) is 25.9 Å². The van der Waals surface area contributed by atoms with Crippen molar-refractivity contribution in [1.82, 2.24) is 0 Å². The number of hydrogen-bond acceptors (Lipinski definition) is 4. The van der Waals surface area contributed by atoms with Gasteiger partial charge >= 0.3 is 0 Å². The van der Waals surface area contributed by atoms with E-state index in [4.69, 9.17) is 9.47 Å². The number of allylic oxidation sites excluding steroid dienone is 1. The number of nitrogens with zero attached hydrogens (tertiary/aromatic N) is 1. The van der Waals surface area contributed by atoms with Gasteiger partial charge in [-0.05, 0) is 53.4 Å². The highest BCUT2D eigenvalue weighted by Gasteiger charge is 2.59. The molecule has 0 heterocycles. The number of carbonyl (C=O) groups is 1. The fraction of sp³-hybridized carbons (Fsp3) is 0.429. The number of halogens is 1. The minimum atomic E-state index is -0.990. The van der Waals surface area contributed by atoms with Gasteiger partial charge in [0.25, 0.3) is 0 Å². The van der Waals surface area contributed by atoms with Crippen LogP contribution in [0.5, 0.6) is 5.75 Å². The molecule has 0 unspecified atom stereocenters. The average molecular weight is 416 g/mol. The Labute approximate surface area is 162 Å². The van der Waals surface area contributed by atoms with E-state index in [-0.39, 0.29) is 17.8 Å². The minimum Gasteiger partial charge on any atom is -0.497 e. The van der Waals surface area contributed by atoms with Crippen LogP contribution in [0.25, 0.3) is 6.08 Å². The monoisotopic (exact) mass is 415 g/mol. The zero-order valence-electron chi connectivity index (χ0n) is 15.2. The first-order valence-corrected chi connectivity index (χ1v) is 9.35. The maximum atomic E-state index is 13.8. The van der Waals surface area contributed by atoms with Gasteiger partial charge in [0.1, 0.15) is 5.75 Å². The van der Waals surface area contributed by atoms with Gasteiger partial charge in [-0.15, -0.1) is 6.58 Å². The van der Waals surface area contributed by atoms with Crippen molar-refractivity contribution in [3.63, 3.8) is 0 Å². The first kappa shape index (κ1) is 18.9. The van der Waals surface area contributed by atoms with Crippen molar-refractivity contribution in [1.29, 1.82) is 5.26 Å². The lowest BCUT2D eigenvalue weighted by Crippen LogP contribution is -2.55. The molecule has 1 saturated carbocycles. The second-order valence-corrected chi connectivity index (χ2v) is 8.02. The molecule has 1 aromatic carbocycles. The van der Waals surface area contributed by atoms with Crippen LogP contribution in [0.2, 0.25) is 0 Å². The molecular formula is C21H22BrNO3. The Morgan fingerprint density at radius 1 is 1.42 bits per heavy atom. The summed E-state index contributed by atoms with van der Waals surface area (Å²) in [5.41, 5.74) is -0.315. The fourth-order valence-corrected chi connectivity index (χ4v) is 5.14. The van der Waals surface area contributed by atoms with Gasteiger partial charge in [0.2, 0.25) is 0 Å². The molecule has 4 nitrogen and oxygen atoms in total. The van der Waals surface area contributed by atoms with E-state index in [2.05, 4.69) is 28.6 Å². The summed E-state index contributed by atoms with van der Waals surface area (Å²) in [6.45, 7) is 5.92. The van der Waals surface area contributed by atoms with Crippen LogP contribution in [0.3, 0.4) is 0 Å². The Morgan fingerprint density at radius 3 is 2.73 bits per heavy atom. The fourth-order valence-electron chi connectivity index (χ4n) is 4.51. The van der Waals surface area contributed by atoms with Gasteiger partial charge in [0.05, 0.1) is 30.1 Å². The molecule has 1 aromatic rings. The van der Waals surface area contributed by atoms with E-state index in [1.165, 1.54) is 0 Å². The quantitative estimate of drug-likeness (QED) is 0.665. The third-order valence-electron chi connectivity index (χ3n) is 5.96. The van der Waals surface area contributed by atoms with Gasteiger partial charge in [0, 0.05) is 23.1 Å². The molecule has 4 atom stereocenters. The number of rotatable bonds is 3. The lowest BCUT2D eigenvalue weighted by molar-refractivity contribution is -0.0533. The van der Waals surface area contributed by atoms with Gasteiger partial charge in [0.15, 0.2) is 5.78 Å². The van der Waals surface area contributed by atoms with Gasteiger partial charge < -0.3 is 9.47 Å². The highest BCUT2D eigenvalue weighted by molar-refractivity contribution is 9.10. The number of methoxy groups -OCH3 is 2. The summed E-state index contributed by atoms with van der Waals surface area (Å²) in [5.74, 6) is 0.269. The van der Waals surface area contributed by atoms with Crippen LogP contribution in [0.1, 0.15) is 35.7 Å². The maximum absolute atomic E-state index is 13.8. The lowest BCUT2D eigenvalue weighted by atomic mass is 9.52. The SMILES string of the molecule is C=C[C@@]12C(=O)c3c(Br)cc(OC)cc3C=C[C@@H]1[C@](C)(C#N)CC[C@@H]2OC. The Hall–Kier alpha value is -1.90. The third kappa shape index (κ3) is 2.47. The van der Waals surface area contributed by atoms with Crippen molar-refractivity contribution in [2.75, 3.05) is 14.2 Å². The van der Waals surface area contributed by atoms with Crippen molar-refractivity contribution in [3.8, 4) is 11.8 Å². The van der Waals surface area contributed by atoms with Crippen LogP contribution in [0, 0.1) is 28.1 Å². The summed E-state index contributed by atoms with van der Waals surface area (Å²) >= 11 is 3.53. The van der Waals surface area contributed by atoms with E-state index >= 15 is 0 Å². The van der Waals surface area contributed by atoms with E-state index in [9.17, 15) is 10.1 Å². The predicted octanol–water partition coefficient (Wildman–Crippen LogP) is 4.79. The van der Waals surface area contributed by atoms with Gasteiger partial charge in [-0.2, -0.15) is 5.26 Å². The van der Waals surface area contributed by atoms with Gasteiger partial charge in [-0.1, -0.05) is 18.2 Å². The first-order valence-electron chi connectivity index (χ1n) is 8.56. The maximum Gasteiger partial charge on any atom is 0.177 e. The zero-order valence-corrected chi connectivity index (χ0v) is 16.8. The van der Waals surface area contributed by atoms with Gasteiger partial charge in [-0.3, -0.25) is 4.79 Å². The second kappa shape index (κ2) is 6.68. The van der Waals surface area contributed by atoms with Gasteiger partial charge in [-0.25, -0.2) is 0 Å². The molecule has 0 amide bonds. The molecule has 0 aliphatic heterocycles. The second-order valence-electron chi connectivity index (χ2n) is 7.17. The molecule has 1 fully saturated rings. The molecule has 0 aromatic heterocycles. The van der Waals surface area contributed by atoms with Crippen molar-refractivity contribution in [2.24, 2.45) is 16.7 Å². The summed E-state index contributed by atoms with van der Waals surface area (Å²) in [5, 5.41) is 9.89. The van der Waals surface area contributed by atoms with E-state index < -0.39 is 10.8 Å². The molecule has 0 saturated heterocycles.